The number of benzene rings is 1. The number of nitrogens with zero attached hydrogens (tertiary/aromatic N) is 1. The van der Waals surface area contributed by atoms with Crippen LogP contribution >= 0.6 is 0 Å². The minimum absolute atomic E-state index is 0.0965. The Morgan fingerprint density at radius 3 is 2.71 bits per heavy atom. The number of rotatable bonds is 5. The number of aliphatic hydroxyl groups is 2. The molecule has 0 amide bonds. The van der Waals surface area contributed by atoms with E-state index in [0.29, 0.717) is 6.54 Å². The van der Waals surface area contributed by atoms with Gasteiger partial charge >= 0.3 is 0 Å². The Labute approximate surface area is 128 Å². The van der Waals surface area contributed by atoms with Gasteiger partial charge in [0.05, 0.1) is 12.7 Å². The number of hydrogen-bond acceptors (Lipinski definition) is 3. The summed E-state index contributed by atoms with van der Waals surface area (Å²) >= 11 is 0. The molecule has 118 valence electrons. The van der Waals surface area contributed by atoms with Crippen LogP contribution in [0.15, 0.2) is 18.2 Å². The van der Waals surface area contributed by atoms with Crippen molar-refractivity contribution in [2.24, 2.45) is 5.41 Å². The third kappa shape index (κ3) is 3.47. The highest BCUT2D eigenvalue weighted by Crippen LogP contribution is 2.36. The largest absolute Gasteiger partial charge is 0.396 e. The first-order valence-corrected chi connectivity index (χ1v) is 8.09. The average Bonchev–Trinajstić information content (AvgIpc) is 2.47. The molecule has 0 bridgehead atoms. The first-order valence-electron chi connectivity index (χ1n) is 8.09. The van der Waals surface area contributed by atoms with Crippen molar-refractivity contribution in [3.05, 3.63) is 34.9 Å². The highest BCUT2D eigenvalue weighted by Gasteiger charge is 2.40. The summed E-state index contributed by atoms with van der Waals surface area (Å²) in [6.07, 6.45) is 2.36. The summed E-state index contributed by atoms with van der Waals surface area (Å²) in [5.74, 6) is 0. The summed E-state index contributed by atoms with van der Waals surface area (Å²) in [4.78, 5) is 2.32. The average molecular weight is 291 g/mol. The predicted octanol–water partition coefficient (Wildman–Crippen LogP) is 2.65. The fourth-order valence-electron chi connectivity index (χ4n) is 3.50. The number of likely N-dealkylation sites (tertiary alicyclic amines) is 1. The molecule has 2 atom stereocenters. The van der Waals surface area contributed by atoms with E-state index in [4.69, 9.17) is 0 Å². The Bertz CT molecular complexity index is 474. The van der Waals surface area contributed by atoms with Gasteiger partial charge < -0.3 is 10.2 Å². The van der Waals surface area contributed by atoms with Gasteiger partial charge in [-0.05, 0) is 49.9 Å². The summed E-state index contributed by atoms with van der Waals surface area (Å²) in [6, 6.07) is 6.42. The van der Waals surface area contributed by atoms with Gasteiger partial charge in [0.1, 0.15) is 0 Å². The van der Waals surface area contributed by atoms with Crippen LogP contribution in [0.25, 0.3) is 0 Å². The van der Waals surface area contributed by atoms with Crippen LogP contribution in [-0.4, -0.2) is 40.9 Å². The van der Waals surface area contributed by atoms with Crippen LogP contribution in [0.2, 0.25) is 0 Å². The smallest absolute Gasteiger partial charge is 0.0745 e. The fourth-order valence-corrected chi connectivity index (χ4v) is 3.50. The highest BCUT2D eigenvalue weighted by atomic mass is 16.3. The van der Waals surface area contributed by atoms with Gasteiger partial charge in [0.15, 0.2) is 0 Å². The van der Waals surface area contributed by atoms with Gasteiger partial charge in [0, 0.05) is 18.5 Å². The predicted molar refractivity (Wildman–Crippen MR) is 86.2 cm³/mol. The monoisotopic (exact) mass is 291 g/mol. The lowest BCUT2D eigenvalue weighted by molar-refractivity contribution is -0.0803. The van der Waals surface area contributed by atoms with Gasteiger partial charge in [0.2, 0.25) is 0 Å². The van der Waals surface area contributed by atoms with Crippen LogP contribution in [0, 0.1) is 19.3 Å². The van der Waals surface area contributed by atoms with E-state index < -0.39 is 6.10 Å². The maximum Gasteiger partial charge on any atom is 0.0745 e. The first kappa shape index (κ1) is 16.5. The third-order valence-electron chi connectivity index (χ3n) is 5.24. The van der Waals surface area contributed by atoms with E-state index in [9.17, 15) is 10.2 Å². The maximum atomic E-state index is 10.5. The number of hydrogen-bond donors (Lipinski definition) is 2. The van der Waals surface area contributed by atoms with E-state index in [1.165, 1.54) is 16.7 Å². The molecular weight excluding hydrogens is 262 g/mol. The second-order valence-corrected chi connectivity index (χ2v) is 6.63. The molecule has 0 unspecified atom stereocenters. The molecule has 0 spiro atoms. The molecule has 1 heterocycles. The molecule has 1 aliphatic heterocycles. The third-order valence-corrected chi connectivity index (χ3v) is 5.24. The van der Waals surface area contributed by atoms with Crippen molar-refractivity contribution >= 4 is 0 Å². The lowest BCUT2D eigenvalue weighted by Gasteiger charge is -2.44. The Morgan fingerprint density at radius 2 is 2.10 bits per heavy atom. The molecule has 1 saturated heterocycles. The minimum Gasteiger partial charge on any atom is -0.396 e. The molecule has 1 aliphatic rings. The number of β-amino-alcohol motifs (C(OH)–C–C–N with tert-alkyl or cyclic N) is 1. The fraction of sp³-hybridized carbons (Fsp3) is 0.667. The summed E-state index contributed by atoms with van der Waals surface area (Å²) in [6.45, 7) is 9.02. The topological polar surface area (TPSA) is 43.7 Å². The summed E-state index contributed by atoms with van der Waals surface area (Å²) in [5, 5.41) is 20.2. The molecule has 2 N–H and O–H groups in total. The van der Waals surface area contributed by atoms with Gasteiger partial charge in [-0.15, -0.1) is 0 Å². The Balaban J connectivity index is 2.04. The standard InChI is InChI=1S/C18H29NO2/c1-4-8-18(13-20)9-10-19(12-17(18)21)11-16-7-5-6-14(2)15(16)3/h5-7,17,20-21H,4,8-13H2,1-3H3/t17-,18-/m1/s1. The molecule has 1 aromatic carbocycles. The lowest BCUT2D eigenvalue weighted by atomic mass is 9.73. The van der Waals surface area contributed by atoms with E-state index >= 15 is 0 Å². The summed E-state index contributed by atoms with van der Waals surface area (Å²) < 4.78 is 0. The zero-order chi connectivity index (χ0) is 15.5. The van der Waals surface area contributed by atoms with Crippen LogP contribution in [0.3, 0.4) is 0 Å². The zero-order valence-corrected chi connectivity index (χ0v) is 13.6. The van der Waals surface area contributed by atoms with E-state index in [0.717, 1.165) is 32.4 Å². The zero-order valence-electron chi connectivity index (χ0n) is 13.6. The number of aryl methyl sites for hydroxylation is 1. The molecule has 0 radical (unpaired) electrons. The molecule has 3 heteroatoms. The Kier molecular flexibility index (Phi) is 5.42. The Hall–Kier alpha value is -0.900. The van der Waals surface area contributed by atoms with Crippen molar-refractivity contribution in [3.63, 3.8) is 0 Å². The molecule has 2 rings (SSSR count). The normalized spacial score (nSPS) is 27.0. The van der Waals surface area contributed by atoms with Gasteiger partial charge in [-0.2, -0.15) is 0 Å². The Morgan fingerprint density at radius 1 is 1.33 bits per heavy atom. The summed E-state index contributed by atoms with van der Waals surface area (Å²) in [5.41, 5.74) is 3.72. The second-order valence-electron chi connectivity index (χ2n) is 6.63. The van der Waals surface area contributed by atoms with Gasteiger partial charge in [-0.1, -0.05) is 31.5 Å². The number of piperidine rings is 1. The minimum atomic E-state index is -0.429. The van der Waals surface area contributed by atoms with Crippen LogP contribution < -0.4 is 0 Å². The molecule has 1 fully saturated rings. The lowest BCUT2D eigenvalue weighted by Crippen LogP contribution is -2.52. The van der Waals surface area contributed by atoms with Gasteiger partial charge in [-0.3, -0.25) is 4.90 Å². The molecule has 0 aromatic heterocycles. The van der Waals surface area contributed by atoms with E-state index in [1.807, 2.05) is 0 Å². The van der Waals surface area contributed by atoms with Crippen LogP contribution in [-0.2, 0) is 6.54 Å². The first-order chi connectivity index (χ1) is 10.0. The van der Waals surface area contributed by atoms with Crippen molar-refractivity contribution in [2.45, 2.75) is 52.7 Å². The van der Waals surface area contributed by atoms with Crippen LogP contribution in [0.4, 0.5) is 0 Å². The molecule has 21 heavy (non-hydrogen) atoms. The van der Waals surface area contributed by atoms with Crippen molar-refractivity contribution in [1.82, 2.24) is 4.90 Å². The van der Waals surface area contributed by atoms with Crippen molar-refractivity contribution < 1.29 is 10.2 Å². The van der Waals surface area contributed by atoms with E-state index in [2.05, 4.69) is 43.9 Å². The van der Waals surface area contributed by atoms with Crippen LogP contribution in [0.5, 0.6) is 0 Å². The quantitative estimate of drug-likeness (QED) is 0.876. The SMILES string of the molecule is CCC[C@]1(CO)CCN(Cc2cccc(C)c2C)C[C@H]1O. The molecule has 0 aliphatic carbocycles. The van der Waals surface area contributed by atoms with Crippen LogP contribution in [0.1, 0.15) is 42.9 Å². The second kappa shape index (κ2) is 6.91. The highest BCUT2D eigenvalue weighted by molar-refractivity contribution is 5.33. The summed E-state index contributed by atoms with van der Waals surface area (Å²) in [7, 11) is 0. The van der Waals surface area contributed by atoms with Gasteiger partial charge in [0.25, 0.3) is 0 Å². The molecule has 0 saturated carbocycles. The number of aliphatic hydroxyl groups excluding tert-OH is 2. The maximum absolute atomic E-state index is 10.5. The molecule has 1 aromatic rings. The van der Waals surface area contributed by atoms with E-state index in [-0.39, 0.29) is 12.0 Å². The van der Waals surface area contributed by atoms with Crippen molar-refractivity contribution in [2.75, 3.05) is 19.7 Å². The van der Waals surface area contributed by atoms with Gasteiger partial charge in [-0.25, -0.2) is 0 Å². The van der Waals surface area contributed by atoms with E-state index in [1.54, 1.807) is 0 Å². The van der Waals surface area contributed by atoms with Crippen molar-refractivity contribution in [3.8, 4) is 0 Å². The van der Waals surface area contributed by atoms with Crippen molar-refractivity contribution in [1.29, 1.82) is 0 Å². The molecular formula is C18H29NO2. The molecule has 3 nitrogen and oxygen atoms in total.